The molecule has 0 saturated carbocycles. The third kappa shape index (κ3) is 15.7. The van der Waals surface area contributed by atoms with Gasteiger partial charge in [0.15, 0.2) is 0 Å². The topological polar surface area (TPSA) is 148 Å². The SMILES string of the molecule is C=CC(=O)NCCN(CCCNC(=O)CCN(CCCN(CCNC(=O)C=C)C(=O)C=C)C(=O)C=C)C(=O)C=C. The van der Waals surface area contributed by atoms with Crippen LogP contribution in [0.4, 0.5) is 0 Å². The van der Waals surface area contributed by atoms with Crippen LogP contribution in [0.25, 0.3) is 0 Å². The van der Waals surface area contributed by atoms with E-state index in [0.29, 0.717) is 39.0 Å². The van der Waals surface area contributed by atoms with Gasteiger partial charge in [0.2, 0.25) is 35.4 Å². The summed E-state index contributed by atoms with van der Waals surface area (Å²) in [6.07, 6.45) is 6.80. The summed E-state index contributed by atoms with van der Waals surface area (Å²) in [6, 6.07) is 0. The van der Waals surface area contributed by atoms with Crippen LogP contribution in [0.5, 0.6) is 0 Å². The Hall–Kier alpha value is -4.48. The number of hydrogen-bond donors (Lipinski definition) is 3. The van der Waals surface area contributed by atoms with E-state index in [1.165, 1.54) is 26.9 Å². The van der Waals surface area contributed by atoms with Crippen molar-refractivity contribution in [3.63, 3.8) is 0 Å². The third-order valence-corrected chi connectivity index (χ3v) is 5.58. The van der Waals surface area contributed by atoms with E-state index in [1.807, 2.05) is 0 Å². The second-order valence-corrected chi connectivity index (χ2v) is 8.39. The van der Waals surface area contributed by atoms with Crippen LogP contribution >= 0.6 is 0 Å². The number of carbonyl (C=O) groups is 6. The zero-order valence-electron chi connectivity index (χ0n) is 23.2. The highest BCUT2D eigenvalue weighted by atomic mass is 16.2. The molecule has 220 valence electrons. The van der Waals surface area contributed by atoms with Gasteiger partial charge in [-0.2, -0.15) is 0 Å². The monoisotopic (exact) mass is 558 g/mol. The Bertz CT molecular complexity index is 948. The Kier molecular flexibility index (Phi) is 19.1. The summed E-state index contributed by atoms with van der Waals surface area (Å²) in [5, 5.41) is 7.97. The van der Waals surface area contributed by atoms with Gasteiger partial charge in [0.1, 0.15) is 0 Å². The lowest BCUT2D eigenvalue weighted by molar-refractivity contribution is -0.128. The molecule has 0 atom stereocenters. The Labute approximate surface area is 236 Å². The second kappa shape index (κ2) is 21.5. The molecule has 0 aliphatic heterocycles. The van der Waals surface area contributed by atoms with Crippen molar-refractivity contribution < 1.29 is 28.8 Å². The van der Waals surface area contributed by atoms with Gasteiger partial charge in [-0.15, -0.1) is 0 Å². The van der Waals surface area contributed by atoms with Gasteiger partial charge in [-0.1, -0.05) is 32.9 Å². The average molecular weight is 559 g/mol. The molecular formula is C28H42N6O6. The van der Waals surface area contributed by atoms with Crippen molar-refractivity contribution in [2.75, 3.05) is 58.9 Å². The quantitative estimate of drug-likeness (QED) is 0.125. The first-order valence-corrected chi connectivity index (χ1v) is 12.9. The fourth-order valence-corrected chi connectivity index (χ4v) is 3.43. The predicted molar refractivity (Wildman–Crippen MR) is 154 cm³/mol. The molecule has 0 heterocycles. The molecule has 12 heteroatoms. The summed E-state index contributed by atoms with van der Waals surface area (Å²) >= 11 is 0. The van der Waals surface area contributed by atoms with E-state index < -0.39 is 0 Å². The highest BCUT2D eigenvalue weighted by molar-refractivity contribution is 5.89. The lowest BCUT2D eigenvalue weighted by Gasteiger charge is -2.25. The molecular weight excluding hydrogens is 516 g/mol. The molecule has 0 aliphatic rings. The first kappa shape index (κ1) is 35.5. The Balaban J connectivity index is 4.64. The number of carbonyl (C=O) groups excluding carboxylic acids is 6. The number of amides is 6. The van der Waals surface area contributed by atoms with E-state index in [0.717, 1.165) is 18.2 Å². The van der Waals surface area contributed by atoms with Crippen LogP contribution < -0.4 is 16.0 Å². The summed E-state index contributed by atoms with van der Waals surface area (Å²) < 4.78 is 0. The molecule has 0 bridgehead atoms. The summed E-state index contributed by atoms with van der Waals surface area (Å²) in [5.74, 6) is -1.86. The molecule has 0 unspecified atom stereocenters. The van der Waals surface area contributed by atoms with E-state index in [9.17, 15) is 28.8 Å². The average Bonchev–Trinajstić information content (AvgIpc) is 2.97. The minimum absolute atomic E-state index is 0.0609. The number of rotatable bonds is 22. The predicted octanol–water partition coefficient (Wildman–Crippen LogP) is -0.0789. The Morgan fingerprint density at radius 3 is 1.27 bits per heavy atom. The van der Waals surface area contributed by atoms with Gasteiger partial charge < -0.3 is 30.7 Å². The molecule has 0 radical (unpaired) electrons. The van der Waals surface area contributed by atoms with Crippen molar-refractivity contribution in [2.45, 2.75) is 19.3 Å². The fraction of sp³-hybridized carbons (Fsp3) is 0.429. The standard InChI is InChI=1S/C28H42N6O6/c1-6-23(35)30-15-21-33(27(39)9-4)17-11-14-29-25(37)13-20-32(26(38)8-3)18-12-19-34(28(40)10-5)22-16-31-24(36)7-2/h6-10H,1-5,11-22H2,(H,29,37)(H,30,35)(H,31,36). The van der Waals surface area contributed by atoms with Crippen LogP contribution in [-0.4, -0.2) is 109 Å². The molecule has 0 saturated heterocycles. The van der Waals surface area contributed by atoms with Crippen molar-refractivity contribution in [3.8, 4) is 0 Å². The largest absolute Gasteiger partial charge is 0.356 e. The van der Waals surface area contributed by atoms with Crippen molar-refractivity contribution >= 4 is 35.4 Å². The molecule has 6 amide bonds. The maximum Gasteiger partial charge on any atom is 0.246 e. The van der Waals surface area contributed by atoms with Gasteiger partial charge in [-0.3, -0.25) is 28.8 Å². The number of nitrogens with one attached hydrogen (secondary N) is 3. The molecule has 12 nitrogen and oxygen atoms in total. The maximum atomic E-state index is 12.3. The van der Waals surface area contributed by atoms with Gasteiger partial charge in [-0.25, -0.2) is 0 Å². The lowest BCUT2D eigenvalue weighted by atomic mass is 10.2. The highest BCUT2D eigenvalue weighted by Gasteiger charge is 2.15. The van der Waals surface area contributed by atoms with E-state index in [-0.39, 0.29) is 74.6 Å². The first-order chi connectivity index (χ1) is 19.1. The smallest absolute Gasteiger partial charge is 0.246 e. The molecule has 0 aromatic rings. The molecule has 40 heavy (non-hydrogen) atoms. The molecule has 0 aliphatic carbocycles. The van der Waals surface area contributed by atoms with Crippen molar-refractivity contribution in [1.29, 1.82) is 0 Å². The lowest BCUT2D eigenvalue weighted by Crippen LogP contribution is -2.40. The number of hydrogen-bond acceptors (Lipinski definition) is 6. The molecule has 0 fully saturated rings. The van der Waals surface area contributed by atoms with Crippen molar-refractivity contribution in [1.82, 2.24) is 30.7 Å². The Morgan fingerprint density at radius 1 is 0.475 bits per heavy atom. The van der Waals surface area contributed by atoms with Crippen LogP contribution in [0.15, 0.2) is 63.3 Å². The maximum absolute atomic E-state index is 12.3. The minimum atomic E-state index is -0.344. The molecule has 0 aromatic carbocycles. The van der Waals surface area contributed by atoms with Crippen LogP contribution in [-0.2, 0) is 28.8 Å². The zero-order chi connectivity index (χ0) is 30.3. The normalized spacial score (nSPS) is 9.80. The van der Waals surface area contributed by atoms with Gasteiger partial charge >= 0.3 is 0 Å². The van der Waals surface area contributed by atoms with Crippen LogP contribution in [0, 0.1) is 0 Å². The van der Waals surface area contributed by atoms with Gasteiger partial charge in [0, 0.05) is 65.3 Å². The van der Waals surface area contributed by atoms with Gasteiger partial charge in [0.05, 0.1) is 0 Å². The second-order valence-electron chi connectivity index (χ2n) is 8.39. The minimum Gasteiger partial charge on any atom is -0.356 e. The first-order valence-electron chi connectivity index (χ1n) is 12.9. The third-order valence-electron chi connectivity index (χ3n) is 5.58. The highest BCUT2D eigenvalue weighted by Crippen LogP contribution is 2.01. The zero-order valence-corrected chi connectivity index (χ0v) is 23.2. The van der Waals surface area contributed by atoms with Gasteiger partial charge in [0.25, 0.3) is 0 Å². The van der Waals surface area contributed by atoms with Crippen molar-refractivity contribution in [3.05, 3.63) is 63.3 Å². The molecule has 0 spiro atoms. The molecule has 0 rings (SSSR count). The van der Waals surface area contributed by atoms with Crippen LogP contribution in [0.3, 0.4) is 0 Å². The van der Waals surface area contributed by atoms with E-state index in [1.54, 1.807) is 0 Å². The van der Waals surface area contributed by atoms with E-state index in [4.69, 9.17) is 0 Å². The van der Waals surface area contributed by atoms with Crippen LogP contribution in [0.2, 0.25) is 0 Å². The molecule has 3 N–H and O–H groups in total. The molecule has 0 aromatic heterocycles. The van der Waals surface area contributed by atoms with Crippen molar-refractivity contribution in [2.24, 2.45) is 0 Å². The summed E-state index contributed by atoms with van der Waals surface area (Å²) in [4.78, 5) is 75.9. The van der Waals surface area contributed by atoms with Crippen LogP contribution in [0.1, 0.15) is 19.3 Å². The summed E-state index contributed by atoms with van der Waals surface area (Å²) in [7, 11) is 0. The summed E-state index contributed by atoms with van der Waals surface area (Å²) in [6.45, 7) is 19.7. The van der Waals surface area contributed by atoms with E-state index >= 15 is 0 Å². The number of nitrogens with zero attached hydrogens (tertiary/aromatic N) is 3. The summed E-state index contributed by atoms with van der Waals surface area (Å²) in [5.41, 5.74) is 0. The Morgan fingerprint density at radius 2 is 0.875 bits per heavy atom. The van der Waals surface area contributed by atoms with E-state index in [2.05, 4.69) is 48.8 Å². The fourth-order valence-electron chi connectivity index (χ4n) is 3.43. The van der Waals surface area contributed by atoms with Gasteiger partial charge in [-0.05, 0) is 43.2 Å².